The number of halogens is 1. The van der Waals surface area contributed by atoms with E-state index in [-0.39, 0.29) is 6.03 Å². The van der Waals surface area contributed by atoms with Crippen molar-refractivity contribution in [2.45, 2.75) is 31.8 Å². The summed E-state index contributed by atoms with van der Waals surface area (Å²) in [5.74, 6) is 1.82. The summed E-state index contributed by atoms with van der Waals surface area (Å²) in [7, 11) is 1.66. The van der Waals surface area contributed by atoms with Crippen molar-refractivity contribution in [2.24, 2.45) is 9.98 Å². The summed E-state index contributed by atoms with van der Waals surface area (Å²) in [5.41, 5.74) is 2.25. The highest BCUT2D eigenvalue weighted by atomic mass is 35.5. The largest absolute Gasteiger partial charge is 0.497 e. The predicted molar refractivity (Wildman–Crippen MR) is 134 cm³/mol. The predicted octanol–water partition coefficient (Wildman–Crippen LogP) is 5.72. The molecule has 168 valence electrons. The van der Waals surface area contributed by atoms with Crippen molar-refractivity contribution in [3.8, 4) is 5.75 Å². The van der Waals surface area contributed by atoms with Gasteiger partial charge >= 0.3 is 6.03 Å². The number of rotatable bonds is 5. The Bertz CT molecular complexity index is 1010. The molecule has 2 aliphatic heterocycles. The molecule has 6 nitrogen and oxygen atoms in total. The Hall–Kier alpha value is -2.51. The fourth-order valence-electron chi connectivity index (χ4n) is 3.79. The Kier molecular flexibility index (Phi) is 7.06. The van der Waals surface area contributed by atoms with Crippen molar-refractivity contribution in [1.29, 1.82) is 0 Å². The number of anilines is 1. The van der Waals surface area contributed by atoms with E-state index in [4.69, 9.17) is 26.3 Å². The number of hydrogen-bond acceptors (Lipinski definition) is 5. The van der Waals surface area contributed by atoms with Crippen LogP contribution in [-0.2, 0) is 0 Å². The monoisotopic (exact) mass is 470 g/mol. The lowest BCUT2D eigenvalue weighted by atomic mass is 9.98. The van der Waals surface area contributed by atoms with Gasteiger partial charge in [0.15, 0.2) is 5.66 Å². The molecule has 1 N–H and O–H groups in total. The molecule has 0 bridgehead atoms. The van der Waals surface area contributed by atoms with Crippen LogP contribution in [-0.4, -0.2) is 53.3 Å². The van der Waals surface area contributed by atoms with Crippen LogP contribution in [0.1, 0.15) is 31.7 Å². The fraction of sp³-hybridized carbons (Fsp3) is 0.375. The van der Waals surface area contributed by atoms with Gasteiger partial charge in [-0.1, -0.05) is 18.5 Å². The van der Waals surface area contributed by atoms with Crippen LogP contribution in [0.5, 0.6) is 5.75 Å². The Balaban J connectivity index is 1.47. The zero-order valence-electron chi connectivity index (χ0n) is 18.3. The molecule has 1 fully saturated rings. The number of nitrogens with zero attached hydrogens (tertiary/aromatic N) is 3. The van der Waals surface area contributed by atoms with Crippen LogP contribution in [0.2, 0.25) is 5.02 Å². The van der Waals surface area contributed by atoms with E-state index in [1.807, 2.05) is 29.2 Å². The summed E-state index contributed by atoms with van der Waals surface area (Å²) in [6.07, 6.45) is 2.49. The van der Waals surface area contributed by atoms with E-state index in [9.17, 15) is 4.79 Å². The van der Waals surface area contributed by atoms with Crippen LogP contribution in [0.3, 0.4) is 0 Å². The summed E-state index contributed by atoms with van der Waals surface area (Å²) >= 11 is 7.68. The number of likely N-dealkylation sites (tertiary alicyclic amines) is 1. The van der Waals surface area contributed by atoms with Gasteiger partial charge in [-0.25, -0.2) is 9.79 Å². The standard InChI is InChI=1S/C24H27ClN4O2S/c1-3-16-32-22-21(17-4-10-20(31-2)11-5-17)27-24(28-22)12-14-29(15-13-24)23(30)26-19-8-6-18(25)7-9-19/h4-11H,3,12-16H2,1-2H3,(H,26,30). The van der Waals surface area contributed by atoms with Crippen molar-refractivity contribution in [1.82, 2.24) is 4.90 Å². The molecular formula is C24H27ClN4O2S. The minimum Gasteiger partial charge on any atom is -0.497 e. The van der Waals surface area contributed by atoms with Gasteiger partial charge in [0.2, 0.25) is 0 Å². The van der Waals surface area contributed by atoms with Gasteiger partial charge in [0.1, 0.15) is 10.8 Å². The number of benzene rings is 2. The first kappa shape index (κ1) is 22.7. The third kappa shape index (κ3) is 5.10. The molecule has 4 rings (SSSR count). The lowest BCUT2D eigenvalue weighted by molar-refractivity contribution is 0.175. The molecule has 0 atom stereocenters. The number of ether oxygens (including phenoxy) is 1. The van der Waals surface area contributed by atoms with Gasteiger partial charge in [-0.15, -0.1) is 11.8 Å². The van der Waals surface area contributed by atoms with Gasteiger partial charge in [0, 0.05) is 42.2 Å². The van der Waals surface area contributed by atoms with E-state index in [1.54, 1.807) is 43.1 Å². The Morgan fingerprint density at radius 2 is 1.81 bits per heavy atom. The van der Waals surface area contributed by atoms with E-state index in [0.29, 0.717) is 31.0 Å². The highest BCUT2D eigenvalue weighted by molar-refractivity contribution is 8.15. The van der Waals surface area contributed by atoms with E-state index >= 15 is 0 Å². The minimum absolute atomic E-state index is 0.107. The van der Waals surface area contributed by atoms with Crippen molar-refractivity contribution in [3.05, 3.63) is 59.1 Å². The second kappa shape index (κ2) is 9.96. The Labute approximate surface area is 198 Å². The van der Waals surface area contributed by atoms with Gasteiger partial charge in [0.25, 0.3) is 0 Å². The lowest BCUT2D eigenvalue weighted by Crippen LogP contribution is -2.46. The number of methoxy groups -OCH3 is 1. The van der Waals surface area contributed by atoms with Crippen LogP contribution in [0.25, 0.3) is 0 Å². The maximum atomic E-state index is 12.7. The molecule has 2 aromatic rings. The summed E-state index contributed by atoms with van der Waals surface area (Å²) in [6.45, 7) is 3.38. The number of amides is 2. The number of thioether (sulfide) groups is 1. The smallest absolute Gasteiger partial charge is 0.321 e. The number of aliphatic imine (C=N–C) groups is 2. The Morgan fingerprint density at radius 1 is 1.12 bits per heavy atom. The number of carbonyl (C=O) groups excluding carboxylic acids is 1. The number of carbonyl (C=O) groups is 1. The molecule has 1 saturated heterocycles. The van der Waals surface area contributed by atoms with Crippen LogP contribution in [0.15, 0.2) is 58.5 Å². The molecule has 0 saturated carbocycles. The van der Waals surface area contributed by atoms with Crippen LogP contribution in [0, 0.1) is 0 Å². The zero-order valence-corrected chi connectivity index (χ0v) is 19.9. The topological polar surface area (TPSA) is 66.3 Å². The molecule has 0 aliphatic carbocycles. The molecule has 2 amide bonds. The minimum atomic E-state index is -0.484. The summed E-state index contributed by atoms with van der Waals surface area (Å²) in [6, 6.07) is 15.0. The van der Waals surface area contributed by atoms with Crippen LogP contribution in [0.4, 0.5) is 10.5 Å². The summed E-state index contributed by atoms with van der Waals surface area (Å²) in [5, 5.41) is 4.58. The molecular weight excluding hydrogens is 444 g/mol. The maximum Gasteiger partial charge on any atom is 0.321 e. The average Bonchev–Trinajstić information content (AvgIpc) is 3.17. The van der Waals surface area contributed by atoms with Crippen LogP contribution >= 0.6 is 23.4 Å². The molecule has 0 aromatic heterocycles. The molecule has 2 aliphatic rings. The van der Waals surface area contributed by atoms with E-state index in [1.165, 1.54) is 0 Å². The SMILES string of the molecule is CCCSC1=NC2(CCN(C(=O)Nc3ccc(Cl)cc3)CC2)N=C1c1ccc(OC)cc1. The fourth-order valence-corrected chi connectivity index (χ4v) is 4.84. The highest BCUT2D eigenvalue weighted by Gasteiger charge is 2.40. The molecule has 1 spiro atoms. The number of nitrogens with one attached hydrogen (secondary N) is 1. The van der Waals surface area contributed by atoms with Crippen molar-refractivity contribution >= 4 is 45.8 Å². The maximum absolute atomic E-state index is 12.7. The molecule has 32 heavy (non-hydrogen) atoms. The second-order valence-corrected chi connectivity index (χ2v) is 9.38. The summed E-state index contributed by atoms with van der Waals surface area (Å²) < 4.78 is 5.29. The molecule has 2 heterocycles. The van der Waals surface area contributed by atoms with Crippen molar-refractivity contribution in [2.75, 3.05) is 31.3 Å². The number of piperidine rings is 1. The van der Waals surface area contributed by atoms with Gasteiger partial charge in [-0.3, -0.25) is 4.99 Å². The van der Waals surface area contributed by atoms with E-state index in [0.717, 1.165) is 39.9 Å². The quantitative estimate of drug-likeness (QED) is 0.607. The van der Waals surface area contributed by atoms with Gasteiger partial charge in [0.05, 0.1) is 12.8 Å². The Morgan fingerprint density at radius 3 is 2.44 bits per heavy atom. The first-order valence-electron chi connectivity index (χ1n) is 10.8. The highest BCUT2D eigenvalue weighted by Crippen LogP contribution is 2.36. The van der Waals surface area contributed by atoms with Gasteiger partial charge in [-0.2, -0.15) is 0 Å². The lowest BCUT2D eigenvalue weighted by Gasteiger charge is -2.35. The second-order valence-electron chi connectivity index (χ2n) is 7.86. The number of hydrogen-bond donors (Lipinski definition) is 1. The van der Waals surface area contributed by atoms with Gasteiger partial charge in [-0.05, 0) is 60.7 Å². The molecule has 2 aromatic carbocycles. The molecule has 0 radical (unpaired) electrons. The first-order valence-corrected chi connectivity index (χ1v) is 12.2. The average molecular weight is 471 g/mol. The molecule has 8 heteroatoms. The van der Waals surface area contributed by atoms with Crippen LogP contribution < -0.4 is 10.1 Å². The third-order valence-electron chi connectivity index (χ3n) is 5.59. The van der Waals surface area contributed by atoms with Gasteiger partial charge < -0.3 is 15.0 Å². The van der Waals surface area contributed by atoms with Crippen molar-refractivity contribution in [3.63, 3.8) is 0 Å². The first-order chi connectivity index (χ1) is 15.5. The van der Waals surface area contributed by atoms with E-state index < -0.39 is 5.66 Å². The summed E-state index contributed by atoms with van der Waals surface area (Å²) in [4.78, 5) is 24.7. The van der Waals surface area contributed by atoms with Crippen molar-refractivity contribution < 1.29 is 9.53 Å². The number of urea groups is 1. The normalized spacial score (nSPS) is 17.2. The zero-order chi connectivity index (χ0) is 22.6. The molecule has 0 unspecified atom stereocenters. The van der Waals surface area contributed by atoms with E-state index in [2.05, 4.69) is 12.2 Å². The third-order valence-corrected chi connectivity index (χ3v) is 7.01.